The van der Waals surface area contributed by atoms with Crippen molar-refractivity contribution in [2.24, 2.45) is 5.92 Å². The number of nitrogens with one attached hydrogen (secondary N) is 1. The van der Waals surface area contributed by atoms with Crippen LogP contribution in [0.15, 0.2) is 66.9 Å². The van der Waals surface area contributed by atoms with E-state index in [1.54, 1.807) is 17.2 Å². The van der Waals surface area contributed by atoms with Gasteiger partial charge in [0.1, 0.15) is 24.2 Å². The van der Waals surface area contributed by atoms with E-state index in [-0.39, 0.29) is 30.2 Å². The molecule has 4 aliphatic rings. The van der Waals surface area contributed by atoms with Crippen LogP contribution in [0.4, 0.5) is 11.8 Å². The van der Waals surface area contributed by atoms with Crippen molar-refractivity contribution < 1.29 is 19.1 Å². The standard InChI is InChI=1S/C43H46ClN9O4/c1-43(2,31-21-29(24-45)22-32(44)23-31)30-3-5-34(6-4-30)57-27-33-11-14-46-42(47-33)52-15-12-28(13-16-52)25-50-17-19-51(20-18-50)38-9-7-35-36(48-38)26-53(41(35)56)37-8-10-39(54)49-40(37)55/h3-7,9,11,14,21-23,28,37H,8,10,12-13,15-20,25-27H2,1-2H3,(H,49,54,55). The molecule has 2 aromatic heterocycles. The SMILES string of the molecule is CC(C)(c1ccc(OCc2ccnc(N3CCC(CN4CCN(c5ccc6c(n5)CN(C5CCC(=O)NC5=O)C6=O)CC4)CC3)n2)cc1)c1cc(Cl)cc(C#N)c1. The summed E-state index contributed by atoms with van der Waals surface area (Å²) in [4.78, 5) is 60.1. The quantitative estimate of drug-likeness (QED) is 0.214. The number of ether oxygens (including phenoxy) is 1. The van der Waals surface area contributed by atoms with Gasteiger partial charge < -0.3 is 19.4 Å². The highest BCUT2D eigenvalue weighted by Crippen LogP contribution is 2.35. The Bertz CT molecular complexity index is 2210. The summed E-state index contributed by atoms with van der Waals surface area (Å²) in [6.07, 6.45) is 4.52. The summed E-state index contributed by atoms with van der Waals surface area (Å²) in [6.45, 7) is 11.3. The highest BCUT2D eigenvalue weighted by molar-refractivity contribution is 6.30. The maximum atomic E-state index is 13.1. The van der Waals surface area contributed by atoms with E-state index in [1.807, 2.05) is 54.6 Å². The number of imide groups is 1. The van der Waals surface area contributed by atoms with Gasteiger partial charge in [0.25, 0.3) is 5.91 Å². The highest BCUT2D eigenvalue weighted by atomic mass is 35.5. The molecule has 3 fully saturated rings. The van der Waals surface area contributed by atoms with Gasteiger partial charge in [0.05, 0.1) is 35.1 Å². The van der Waals surface area contributed by atoms with Crippen LogP contribution in [0.5, 0.6) is 5.75 Å². The Morgan fingerprint density at radius 1 is 0.895 bits per heavy atom. The number of carbonyl (C=O) groups excluding carboxylic acids is 3. The second-order valence-corrected chi connectivity index (χ2v) is 16.3. The van der Waals surface area contributed by atoms with Crippen LogP contribution in [0.1, 0.15) is 78.0 Å². The second kappa shape index (κ2) is 16.1. The number of hydrogen-bond acceptors (Lipinski definition) is 11. The number of nitriles is 1. The Labute approximate surface area is 337 Å². The van der Waals surface area contributed by atoms with Crippen molar-refractivity contribution in [3.63, 3.8) is 0 Å². The molecule has 57 heavy (non-hydrogen) atoms. The van der Waals surface area contributed by atoms with E-state index >= 15 is 0 Å². The summed E-state index contributed by atoms with van der Waals surface area (Å²) in [6, 6.07) is 20.7. The summed E-state index contributed by atoms with van der Waals surface area (Å²) in [5, 5.41) is 12.3. The molecule has 1 atom stereocenters. The van der Waals surface area contributed by atoms with Gasteiger partial charge in [-0.3, -0.25) is 24.6 Å². The number of fused-ring (bicyclic) bond motifs is 1. The Balaban J connectivity index is 0.786. The zero-order chi connectivity index (χ0) is 39.7. The highest BCUT2D eigenvalue weighted by Gasteiger charge is 2.40. The molecule has 0 bridgehead atoms. The first kappa shape index (κ1) is 38.3. The van der Waals surface area contributed by atoms with Gasteiger partial charge in [-0.05, 0) is 84.8 Å². The molecule has 1 unspecified atom stereocenters. The van der Waals surface area contributed by atoms with Crippen molar-refractivity contribution >= 4 is 41.1 Å². The lowest BCUT2D eigenvalue weighted by Gasteiger charge is -2.39. The fraction of sp³-hybridized carbons (Fsp3) is 0.419. The van der Waals surface area contributed by atoms with Crippen molar-refractivity contribution in [2.75, 3.05) is 55.6 Å². The molecule has 8 rings (SSSR count). The maximum absolute atomic E-state index is 13.1. The van der Waals surface area contributed by atoms with Gasteiger partial charge in [-0.2, -0.15) is 5.26 Å². The average molecular weight is 788 g/mol. The molecule has 3 saturated heterocycles. The van der Waals surface area contributed by atoms with Gasteiger partial charge >= 0.3 is 0 Å². The van der Waals surface area contributed by atoms with Crippen molar-refractivity contribution in [1.82, 2.24) is 30.1 Å². The predicted molar refractivity (Wildman–Crippen MR) is 215 cm³/mol. The molecule has 0 spiro atoms. The minimum Gasteiger partial charge on any atom is -0.487 e. The Kier molecular flexibility index (Phi) is 10.8. The number of benzene rings is 2. The first-order chi connectivity index (χ1) is 27.5. The number of hydrogen-bond donors (Lipinski definition) is 1. The number of amides is 3. The first-order valence-electron chi connectivity index (χ1n) is 19.7. The van der Waals surface area contributed by atoms with Gasteiger partial charge in [-0.15, -0.1) is 0 Å². The van der Waals surface area contributed by atoms with Crippen molar-refractivity contribution in [2.45, 2.75) is 64.1 Å². The third-order valence-corrected chi connectivity index (χ3v) is 12.1. The third-order valence-electron chi connectivity index (χ3n) is 11.9. The first-order valence-corrected chi connectivity index (χ1v) is 20.0. The van der Waals surface area contributed by atoms with E-state index in [0.717, 1.165) is 93.0 Å². The molecule has 4 aliphatic heterocycles. The lowest BCUT2D eigenvalue weighted by molar-refractivity contribution is -0.136. The number of piperidine rings is 2. The second-order valence-electron chi connectivity index (χ2n) is 15.9. The third kappa shape index (κ3) is 8.29. The van der Waals surface area contributed by atoms with Crippen LogP contribution in [-0.2, 0) is 28.2 Å². The molecule has 294 valence electrons. The molecular formula is C43H46ClN9O4. The summed E-state index contributed by atoms with van der Waals surface area (Å²) in [5.74, 6) is 2.04. The zero-order valence-corrected chi connectivity index (χ0v) is 33.0. The fourth-order valence-corrected chi connectivity index (χ4v) is 8.60. The van der Waals surface area contributed by atoms with Crippen LogP contribution in [0, 0.1) is 17.2 Å². The number of nitrogens with zero attached hydrogens (tertiary/aromatic N) is 8. The molecule has 1 N–H and O–H groups in total. The molecule has 6 heterocycles. The van der Waals surface area contributed by atoms with Gasteiger partial charge in [-0.25, -0.2) is 15.0 Å². The average Bonchev–Trinajstić information content (AvgIpc) is 3.55. The number of pyridine rings is 1. The molecule has 0 aliphatic carbocycles. The lowest BCUT2D eigenvalue weighted by Crippen LogP contribution is -2.52. The van der Waals surface area contributed by atoms with E-state index in [9.17, 15) is 19.6 Å². The lowest BCUT2D eigenvalue weighted by atomic mass is 9.78. The van der Waals surface area contributed by atoms with Crippen LogP contribution in [0.25, 0.3) is 0 Å². The van der Waals surface area contributed by atoms with E-state index in [1.165, 1.54) is 0 Å². The predicted octanol–water partition coefficient (Wildman–Crippen LogP) is 5.10. The van der Waals surface area contributed by atoms with Gasteiger partial charge in [0.2, 0.25) is 17.8 Å². The minimum atomic E-state index is -0.640. The Morgan fingerprint density at radius 2 is 1.67 bits per heavy atom. The van der Waals surface area contributed by atoms with Crippen molar-refractivity contribution in [3.05, 3.63) is 106 Å². The molecule has 2 aromatic carbocycles. The molecule has 4 aromatic rings. The fourth-order valence-electron chi connectivity index (χ4n) is 8.36. The van der Waals surface area contributed by atoms with E-state index < -0.39 is 11.9 Å². The number of anilines is 2. The van der Waals surface area contributed by atoms with Crippen molar-refractivity contribution in [3.8, 4) is 11.8 Å². The summed E-state index contributed by atoms with van der Waals surface area (Å²) in [5.41, 5.74) is 4.31. The van der Waals surface area contributed by atoms with Gasteiger partial charge in [0.15, 0.2) is 0 Å². The van der Waals surface area contributed by atoms with Crippen LogP contribution in [0.2, 0.25) is 5.02 Å². The number of rotatable bonds is 10. The summed E-state index contributed by atoms with van der Waals surface area (Å²) in [7, 11) is 0. The zero-order valence-electron chi connectivity index (χ0n) is 32.3. The van der Waals surface area contributed by atoms with Crippen LogP contribution in [-0.4, -0.2) is 94.3 Å². The van der Waals surface area contributed by atoms with Gasteiger partial charge in [0, 0.05) is 68.9 Å². The molecule has 13 nitrogen and oxygen atoms in total. The molecule has 14 heteroatoms. The topological polar surface area (TPSA) is 148 Å². The Morgan fingerprint density at radius 3 is 2.40 bits per heavy atom. The monoisotopic (exact) mass is 787 g/mol. The number of carbonyl (C=O) groups is 3. The summed E-state index contributed by atoms with van der Waals surface area (Å²) >= 11 is 6.30. The maximum Gasteiger partial charge on any atom is 0.256 e. The molecule has 0 saturated carbocycles. The number of aromatic nitrogens is 3. The van der Waals surface area contributed by atoms with E-state index in [0.29, 0.717) is 40.8 Å². The smallest absolute Gasteiger partial charge is 0.256 e. The van der Waals surface area contributed by atoms with Crippen LogP contribution < -0.4 is 19.9 Å². The normalized spacial score (nSPS) is 19.4. The van der Waals surface area contributed by atoms with Gasteiger partial charge in [-0.1, -0.05) is 37.6 Å². The van der Waals surface area contributed by atoms with Crippen LogP contribution in [0.3, 0.4) is 0 Å². The number of halogens is 1. The number of piperazine rings is 1. The minimum absolute atomic E-state index is 0.200. The van der Waals surface area contributed by atoms with Crippen LogP contribution >= 0.6 is 11.6 Å². The van der Waals surface area contributed by atoms with E-state index in [4.69, 9.17) is 26.3 Å². The Hall–Kier alpha value is -5.58. The van der Waals surface area contributed by atoms with E-state index in [2.05, 4.69) is 44.9 Å². The summed E-state index contributed by atoms with van der Waals surface area (Å²) < 4.78 is 6.13. The molecular weight excluding hydrogens is 742 g/mol. The van der Waals surface area contributed by atoms with Crippen molar-refractivity contribution in [1.29, 1.82) is 5.26 Å². The largest absolute Gasteiger partial charge is 0.487 e. The molecule has 3 amide bonds. The molecule has 0 radical (unpaired) electrons.